The highest BCUT2D eigenvalue weighted by Crippen LogP contribution is 2.32. The average Bonchev–Trinajstić information content (AvgIpc) is 1.96. The molecule has 0 amide bonds. The summed E-state index contributed by atoms with van der Waals surface area (Å²) in [6, 6.07) is 3.32. The van der Waals surface area contributed by atoms with E-state index in [9.17, 15) is 0 Å². The molecule has 0 atom stereocenters. The zero-order valence-corrected chi connectivity index (χ0v) is 8.06. The van der Waals surface area contributed by atoms with E-state index in [0.29, 0.717) is 15.1 Å². The second kappa shape index (κ2) is 3.53. The quantitative estimate of drug-likeness (QED) is 0.697. The second-order valence-electron chi connectivity index (χ2n) is 2.00. The van der Waals surface area contributed by atoms with E-state index in [2.05, 4.69) is 5.32 Å². The van der Waals surface area contributed by atoms with Crippen LogP contribution in [0.5, 0.6) is 0 Å². The molecule has 1 N–H and O–H groups in total. The molecule has 1 nitrogen and oxygen atoms in total. The van der Waals surface area contributed by atoms with Crippen LogP contribution in [-0.4, -0.2) is 7.05 Å². The number of hydrogen-bond donors (Lipinski definition) is 1. The van der Waals surface area contributed by atoms with E-state index in [-0.39, 0.29) is 0 Å². The fourth-order valence-electron chi connectivity index (χ4n) is 0.738. The maximum Gasteiger partial charge on any atom is 0.0824 e. The van der Waals surface area contributed by atoms with Crippen molar-refractivity contribution < 1.29 is 0 Å². The van der Waals surface area contributed by atoms with Crippen molar-refractivity contribution >= 4 is 40.5 Å². The Kier molecular flexibility index (Phi) is 2.88. The maximum atomic E-state index is 5.81. The van der Waals surface area contributed by atoms with E-state index in [1.807, 2.05) is 0 Å². The summed E-state index contributed by atoms with van der Waals surface area (Å²) in [4.78, 5) is 0. The number of benzene rings is 1. The molecule has 0 saturated heterocycles. The Balaban J connectivity index is 3.24. The molecule has 11 heavy (non-hydrogen) atoms. The standard InChI is InChI=1S/C7H6Cl3N/c1-11-6-3-4(8)2-5(9)7(6)10/h2-3,11H,1H3. The van der Waals surface area contributed by atoms with Crippen LogP contribution in [-0.2, 0) is 0 Å². The first-order valence-electron chi connectivity index (χ1n) is 2.97. The van der Waals surface area contributed by atoms with Gasteiger partial charge in [-0.1, -0.05) is 34.8 Å². The summed E-state index contributed by atoms with van der Waals surface area (Å²) in [5.74, 6) is 0. The van der Waals surface area contributed by atoms with Gasteiger partial charge in [-0.3, -0.25) is 0 Å². The highest BCUT2D eigenvalue weighted by molar-refractivity contribution is 6.45. The summed E-state index contributed by atoms with van der Waals surface area (Å²) < 4.78 is 0. The highest BCUT2D eigenvalue weighted by Gasteiger charge is 2.04. The van der Waals surface area contributed by atoms with Gasteiger partial charge in [-0.2, -0.15) is 0 Å². The first-order chi connectivity index (χ1) is 5.15. The van der Waals surface area contributed by atoms with E-state index < -0.39 is 0 Å². The molecule has 0 spiro atoms. The van der Waals surface area contributed by atoms with Crippen LogP contribution in [0.2, 0.25) is 15.1 Å². The monoisotopic (exact) mass is 209 g/mol. The lowest BCUT2D eigenvalue weighted by Gasteiger charge is -2.04. The molecule has 0 unspecified atom stereocenters. The predicted octanol–water partition coefficient (Wildman–Crippen LogP) is 3.69. The number of nitrogens with one attached hydrogen (secondary N) is 1. The van der Waals surface area contributed by atoms with E-state index in [1.54, 1.807) is 19.2 Å². The molecule has 0 aromatic heterocycles. The summed E-state index contributed by atoms with van der Waals surface area (Å²) in [5, 5.41) is 4.41. The van der Waals surface area contributed by atoms with Crippen LogP contribution in [0.25, 0.3) is 0 Å². The van der Waals surface area contributed by atoms with E-state index in [0.717, 1.165) is 5.69 Å². The molecule has 0 aliphatic rings. The van der Waals surface area contributed by atoms with Crippen LogP contribution < -0.4 is 5.32 Å². The van der Waals surface area contributed by atoms with E-state index in [4.69, 9.17) is 34.8 Å². The van der Waals surface area contributed by atoms with Gasteiger partial charge in [0.25, 0.3) is 0 Å². The molecule has 0 bridgehead atoms. The Labute approximate surface area is 80.3 Å². The summed E-state index contributed by atoms with van der Waals surface area (Å²) >= 11 is 17.3. The van der Waals surface area contributed by atoms with E-state index in [1.165, 1.54) is 0 Å². The minimum Gasteiger partial charge on any atom is -0.387 e. The summed E-state index contributed by atoms with van der Waals surface area (Å²) in [6.07, 6.45) is 0. The van der Waals surface area contributed by atoms with Crippen molar-refractivity contribution in [3.63, 3.8) is 0 Å². The van der Waals surface area contributed by atoms with Gasteiger partial charge in [-0.25, -0.2) is 0 Å². The fourth-order valence-corrected chi connectivity index (χ4v) is 1.43. The lowest BCUT2D eigenvalue weighted by atomic mass is 10.3. The van der Waals surface area contributed by atoms with Gasteiger partial charge < -0.3 is 5.32 Å². The molecule has 60 valence electrons. The summed E-state index contributed by atoms with van der Waals surface area (Å²) in [6.45, 7) is 0. The molecular weight excluding hydrogens is 204 g/mol. The molecule has 0 heterocycles. The lowest BCUT2D eigenvalue weighted by Crippen LogP contribution is -1.88. The van der Waals surface area contributed by atoms with Gasteiger partial charge in [0.05, 0.1) is 15.7 Å². The molecule has 1 aromatic carbocycles. The van der Waals surface area contributed by atoms with Crippen molar-refractivity contribution in [1.29, 1.82) is 0 Å². The number of rotatable bonds is 1. The Bertz CT molecular complexity index is 273. The zero-order valence-electron chi connectivity index (χ0n) is 5.79. The van der Waals surface area contributed by atoms with Crippen LogP contribution in [0.1, 0.15) is 0 Å². The second-order valence-corrected chi connectivity index (χ2v) is 3.22. The molecular formula is C7H6Cl3N. The lowest BCUT2D eigenvalue weighted by molar-refractivity contribution is 1.51. The van der Waals surface area contributed by atoms with E-state index >= 15 is 0 Å². The number of hydrogen-bond acceptors (Lipinski definition) is 1. The van der Waals surface area contributed by atoms with Crippen molar-refractivity contribution in [3.8, 4) is 0 Å². The largest absolute Gasteiger partial charge is 0.387 e. The first-order valence-corrected chi connectivity index (χ1v) is 4.11. The van der Waals surface area contributed by atoms with Gasteiger partial charge in [0.1, 0.15) is 0 Å². The van der Waals surface area contributed by atoms with Crippen molar-refractivity contribution in [2.45, 2.75) is 0 Å². The molecule has 0 radical (unpaired) electrons. The van der Waals surface area contributed by atoms with Crippen LogP contribution >= 0.6 is 34.8 Å². The highest BCUT2D eigenvalue weighted by atomic mass is 35.5. The van der Waals surface area contributed by atoms with Crippen LogP contribution in [0.4, 0.5) is 5.69 Å². The van der Waals surface area contributed by atoms with Gasteiger partial charge in [-0.15, -0.1) is 0 Å². The Morgan fingerprint density at radius 2 is 1.82 bits per heavy atom. The van der Waals surface area contributed by atoms with Gasteiger partial charge in [-0.05, 0) is 12.1 Å². The Hall–Kier alpha value is -0.110. The molecule has 0 saturated carbocycles. The first kappa shape index (κ1) is 8.98. The van der Waals surface area contributed by atoms with Crippen LogP contribution in [0.3, 0.4) is 0 Å². The maximum absolute atomic E-state index is 5.81. The minimum atomic E-state index is 0.462. The van der Waals surface area contributed by atoms with Gasteiger partial charge >= 0.3 is 0 Å². The van der Waals surface area contributed by atoms with Crippen LogP contribution in [0, 0.1) is 0 Å². The molecule has 0 aliphatic heterocycles. The summed E-state index contributed by atoms with van der Waals surface area (Å²) in [5.41, 5.74) is 0.740. The average molecular weight is 210 g/mol. The van der Waals surface area contributed by atoms with Crippen molar-refractivity contribution in [1.82, 2.24) is 0 Å². The number of halogens is 3. The molecule has 4 heteroatoms. The van der Waals surface area contributed by atoms with Crippen LogP contribution in [0.15, 0.2) is 12.1 Å². The Morgan fingerprint density at radius 1 is 1.18 bits per heavy atom. The third-order valence-corrected chi connectivity index (χ3v) is 2.28. The number of anilines is 1. The Morgan fingerprint density at radius 3 is 2.36 bits per heavy atom. The summed E-state index contributed by atoms with van der Waals surface area (Å²) in [7, 11) is 1.76. The van der Waals surface area contributed by atoms with Gasteiger partial charge in [0, 0.05) is 12.1 Å². The molecule has 0 fully saturated rings. The minimum absolute atomic E-state index is 0.462. The smallest absolute Gasteiger partial charge is 0.0824 e. The predicted molar refractivity (Wildman–Crippen MR) is 51.0 cm³/mol. The fraction of sp³-hybridized carbons (Fsp3) is 0.143. The van der Waals surface area contributed by atoms with Crippen molar-refractivity contribution in [3.05, 3.63) is 27.2 Å². The van der Waals surface area contributed by atoms with Crippen molar-refractivity contribution in [2.75, 3.05) is 12.4 Å². The molecule has 0 aliphatic carbocycles. The third kappa shape index (κ3) is 1.92. The van der Waals surface area contributed by atoms with Gasteiger partial charge in [0.2, 0.25) is 0 Å². The van der Waals surface area contributed by atoms with Crippen molar-refractivity contribution in [2.24, 2.45) is 0 Å². The topological polar surface area (TPSA) is 12.0 Å². The normalized spacial score (nSPS) is 9.82. The van der Waals surface area contributed by atoms with Gasteiger partial charge in [0.15, 0.2) is 0 Å². The molecule has 1 aromatic rings. The molecule has 1 rings (SSSR count). The SMILES string of the molecule is CNc1cc(Cl)cc(Cl)c1Cl. The zero-order chi connectivity index (χ0) is 8.43. The third-order valence-electron chi connectivity index (χ3n) is 1.26.